The maximum Gasteiger partial charge on any atom is 0.0603 e. The van der Waals surface area contributed by atoms with Crippen LogP contribution in [-0.4, -0.2) is 0 Å². The van der Waals surface area contributed by atoms with Gasteiger partial charge < -0.3 is 34.3 Å². The number of hydrogen-bond acceptors (Lipinski definition) is 14. The predicted molar refractivity (Wildman–Crippen MR) is 438 cm³/mol. The average Bonchev–Trinajstić information content (AvgIpc) is 0.729. The van der Waals surface area contributed by atoms with Gasteiger partial charge in [0.2, 0.25) is 0 Å². The summed E-state index contributed by atoms with van der Waals surface area (Å²) in [4.78, 5) is 34.2. The van der Waals surface area contributed by atoms with E-state index in [1.807, 2.05) is 82.3 Å². The second kappa shape index (κ2) is 24.5. The van der Waals surface area contributed by atoms with E-state index in [1.54, 1.807) is 0 Å². The lowest BCUT2D eigenvalue weighted by Gasteiger charge is -2.39. The van der Waals surface area contributed by atoms with Gasteiger partial charge in [-0.05, 0) is 218 Å². The van der Waals surface area contributed by atoms with Gasteiger partial charge in [0.25, 0.3) is 0 Å². The molecule has 0 atom stereocenters. The molecule has 7 nitrogen and oxygen atoms in total. The van der Waals surface area contributed by atoms with E-state index in [2.05, 4.69) is 368 Å². The van der Waals surface area contributed by atoms with E-state index in [0.717, 1.165) is 83.7 Å². The van der Waals surface area contributed by atoms with Crippen LogP contribution in [0.15, 0.2) is 402 Å². The summed E-state index contributed by atoms with van der Waals surface area (Å²) < 4.78 is 0. The standard InChI is InChI=1S/C90H55N7S7/c1-2-20-56(21-3-1)91-71-44-38-61(96-73-46-40-57(92-63-22-4-12-30-77(63)98-78-31-13-5-23-64(78)92)50-87(73)103-88-51-58(41-47-74(88)96)93-65-24-6-14-32-79(65)99-80-33-15-7-25-66(80)93)54-85(71)102-86-55-62(39-45-72(86)91)97-75-48-42-59(94-67-26-8-16-34-81(67)100-82-35-17-9-27-68(82)94)52-89(75)104-90-53-60(43-49-76(90)97)95-69-28-10-18-36-83(69)101-84-37-19-11-29-70(84)95/h1-55H. The van der Waals surface area contributed by atoms with Crippen LogP contribution in [0.4, 0.5) is 119 Å². The van der Waals surface area contributed by atoms with E-state index >= 15 is 0 Å². The zero-order chi connectivity index (χ0) is 68.1. The van der Waals surface area contributed by atoms with Gasteiger partial charge in [-0.25, -0.2) is 0 Å². The molecule has 0 amide bonds. The van der Waals surface area contributed by atoms with Gasteiger partial charge in [-0.3, -0.25) is 0 Å². The molecule has 15 aromatic carbocycles. The van der Waals surface area contributed by atoms with E-state index in [4.69, 9.17) is 0 Å². The maximum absolute atomic E-state index is 2.51. The molecule has 0 fully saturated rings. The molecule has 15 aromatic rings. The fourth-order valence-electron chi connectivity index (χ4n) is 15.5. The third kappa shape index (κ3) is 9.84. The molecule has 0 aromatic heterocycles. The fourth-order valence-corrected chi connectivity index (χ4v) is 23.1. The van der Waals surface area contributed by atoms with Crippen molar-refractivity contribution in [3.8, 4) is 0 Å². The Bertz CT molecular complexity index is 5280. The molecular weight excluding hydrogens is 1400 g/mol. The number of hydrogen-bond donors (Lipinski definition) is 0. The molecule has 22 rings (SSSR count). The molecule has 7 aliphatic rings. The monoisotopic (exact) mass is 1460 g/mol. The summed E-state index contributed by atoms with van der Waals surface area (Å²) in [5.74, 6) is 0. The van der Waals surface area contributed by atoms with Crippen molar-refractivity contribution in [2.45, 2.75) is 68.5 Å². The second-order valence-corrected chi connectivity index (χ2v) is 33.6. The molecule has 0 saturated heterocycles. The fraction of sp³-hybridized carbons (Fsp3) is 0. The topological polar surface area (TPSA) is 22.7 Å². The van der Waals surface area contributed by atoms with Crippen molar-refractivity contribution < 1.29 is 0 Å². The van der Waals surface area contributed by atoms with Crippen molar-refractivity contribution in [2.24, 2.45) is 0 Å². The first-order chi connectivity index (χ1) is 51.5. The second-order valence-electron chi connectivity index (χ2n) is 26.1. The number of para-hydroxylation sites is 9. The lowest BCUT2D eigenvalue weighted by atomic mass is 10.1. The van der Waals surface area contributed by atoms with Crippen LogP contribution in [0.3, 0.4) is 0 Å². The van der Waals surface area contributed by atoms with Crippen LogP contribution in [0.5, 0.6) is 0 Å². The smallest absolute Gasteiger partial charge is 0.0603 e. The Morgan fingerprint density at radius 1 is 0.115 bits per heavy atom. The highest BCUT2D eigenvalue weighted by Crippen LogP contribution is 2.63. The molecule has 0 bridgehead atoms. The molecule has 492 valence electrons. The molecular formula is C90H55N7S7. The van der Waals surface area contributed by atoms with Crippen LogP contribution in [0.25, 0.3) is 0 Å². The highest BCUT2D eigenvalue weighted by molar-refractivity contribution is 8.01. The third-order valence-electron chi connectivity index (χ3n) is 20.1. The van der Waals surface area contributed by atoms with Gasteiger partial charge in [0, 0.05) is 108 Å². The molecule has 0 unspecified atom stereocenters. The molecule has 0 saturated carbocycles. The molecule has 7 heterocycles. The SMILES string of the molecule is c1ccc(N2c3ccc(N4c5ccc(N6c7ccccc7Sc7ccccc76)cc5Sc5cc(N6c7ccccc7Sc7ccccc76)ccc54)cc3Sc3cc(N4c5ccc(N6c7ccccc7Sc7ccccc76)cc5Sc5cc(N6c7ccccc7Sc7ccccc76)ccc54)ccc32)cc1. The first kappa shape index (κ1) is 60.9. The molecule has 0 radical (unpaired) electrons. The first-order valence-electron chi connectivity index (χ1n) is 34.5. The van der Waals surface area contributed by atoms with Crippen molar-refractivity contribution in [3.05, 3.63) is 334 Å². The zero-order valence-corrected chi connectivity index (χ0v) is 61.0. The van der Waals surface area contributed by atoms with Crippen molar-refractivity contribution >= 4 is 202 Å². The minimum absolute atomic E-state index is 1.08. The van der Waals surface area contributed by atoms with Gasteiger partial charge in [-0.2, -0.15) is 0 Å². The van der Waals surface area contributed by atoms with E-state index in [0.29, 0.717) is 0 Å². The van der Waals surface area contributed by atoms with Gasteiger partial charge in [0.15, 0.2) is 0 Å². The number of fused-ring (bicyclic) bond motifs is 14. The molecule has 0 aliphatic carbocycles. The molecule has 0 spiro atoms. The number of rotatable bonds is 7. The Hall–Kier alpha value is -10.7. The number of nitrogens with zero attached hydrogens (tertiary/aromatic N) is 7. The summed E-state index contributed by atoms with van der Waals surface area (Å²) in [7, 11) is 0. The summed E-state index contributed by atoms with van der Waals surface area (Å²) in [5, 5.41) is 0. The van der Waals surface area contributed by atoms with Crippen LogP contribution >= 0.6 is 82.3 Å². The minimum atomic E-state index is 1.08. The maximum atomic E-state index is 2.51. The highest BCUT2D eigenvalue weighted by atomic mass is 32.2. The Morgan fingerprint density at radius 3 is 0.452 bits per heavy atom. The van der Waals surface area contributed by atoms with Crippen molar-refractivity contribution in [1.82, 2.24) is 0 Å². The Morgan fingerprint density at radius 2 is 0.260 bits per heavy atom. The van der Waals surface area contributed by atoms with Gasteiger partial charge >= 0.3 is 0 Å². The summed E-state index contributed by atoms with van der Waals surface area (Å²) in [6.45, 7) is 0. The molecule has 104 heavy (non-hydrogen) atoms. The quantitative estimate of drug-likeness (QED) is 0.151. The van der Waals surface area contributed by atoms with Crippen molar-refractivity contribution in [2.75, 3.05) is 34.3 Å². The third-order valence-corrected chi connectivity index (χ3v) is 27.9. The normalized spacial score (nSPS) is 14.3. The highest BCUT2D eigenvalue weighted by Gasteiger charge is 2.37. The summed E-state index contributed by atoms with van der Waals surface area (Å²) in [5.41, 5.74) is 24.0. The van der Waals surface area contributed by atoms with Crippen LogP contribution in [0.2, 0.25) is 0 Å². The number of benzene rings is 15. The Labute approximate surface area is 632 Å². The summed E-state index contributed by atoms with van der Waals surface area (Å²) in [6, 6.07) is 124. The lowest BCUT2D eigenvalue weighted by Crippen LogP contribution is -2.20. The Balaban J connectivity index is 0.695. The number of anilines is 21. The largest absolute Gasteiger partial charge is 0.308 e. The van der Waals surface area contributed by atoms with Crippen LogP contribution in [0.1, 0.15) is 0 Å². The van der Waals surface area contributed by atoms with E-state index < -0.39 is 0 Å². The predicted octanol–water partition coefficient (Wildman–Crippen LogP) is 29.2. The van der Waals surface area contributed by atoms with Gasteiger partial charge in [-0.15, -0.1) is 0 Å². The molecule has 0 N–H and O–H groups in total. The minimum Gasteiger partial charge on any atom is -0.308 e. The van der Waals surface area contributed by atoms with Crippen LogP contribution in [-0.2, 0) is 0 Å². The van der Waals surface area contributed by atoms with E-state index in [-0.39, 0.29) is 0 Å². The van der Waals surface area contributed by atoms with Crippen molar-refractivity contribution in [3.63, 3.8) is 0 Å². The Kier molecular flexibility index (Phi) is 14.3. The van der Waals surface area contributed by atoms with E-state index in [9.17, 15) is 0 Å². The van der Waals surface area contributed by atoms with Gasteiger partial charge in [0.1, 0.15) is 0 Å². The first-order valence-corrected chi connectivity index (χ1v) is 40.2. The average molecular weight is 1460 g/mol. The van der Waals surface area contributed by atoms with Crippen molar-refractivity contribution in [1.29, 1.82) is 0 Å². The van der Waals surface area contributed by atoms with Crippen LogP contribution < -0.4 is 34.3 Å². The van der Waals surface area contributed by atoms with Gasteiger partial charge in [0.05, 0.1) is 79.6 Å². The van der Waals surface area contributed by atoms with Gasteiger partial charge in [-0.1, -0.05) is 198 Å². The molecule has 14 heteroatoms. The van der Waals surface area contributed by atoms with Crippen LogP contribution in [0, 0.1) is 0 Å². The summed E-state index contributed by atoms with van der Waals surface area (Å²) >= 11 is 12.9. The summed E-state index contributed by atoms with van der Waals surface area (Å²) in [6.07, 6.45) is 0. The molecule has 7 aliphatic heterocycles. The zero-order valence-electron chi connectivity index (χ0n) is 55.2. The lowest BCUT2D eigenvalue weighted by molar-refractivity contribution is 1.11. The van der Waals surface area contributed by atoms with E-state index in [1.165, 1.54) is 104 Å².